The molecule has 1 aromatic carbocycles. The van der Waals surface area contributed by atoms with E-state index in [2.05, 4.69) is 14.7 Å². The number of aromatic nitrogens is 2. The average Bonchev–Trinajstić information content (AvgIpc) is 2.38. The fourth-order valence-corrected chi connectivity index (χ4v) is 2.41. The normalized spacial score (nSPS) is 11.3. The first-order valence-electron chi connectivity index (χ1n) is 5.22. The zero-order valence-electron chi connectivity index (χ0n) is 9.62. The van der Waals surface area contributed by atoms with Crippen LogP contribution in [0.4, 0.5) is 10.3 Å². The summed E-state index contributed by atoms with van der Waals surface area (Å²) in [7, 11) is -4.10. The van der Waals surface area contributed by atoms with Gasteiger partial charge in [-0.15, -0.1) is 0 Å². The lowest BCUT2D eigenvalue weighted by atomic mass is 10.2. The van der Waals surface area contributed by atoms with Gasteiger partial charge in [0.25, 0.3) is 10.0 Å². The molecule has 0 amide bonds. The van der Waals surface area contributed by atoms with Gasteiger partial charge in [-0.05, 0) is 23.8 Å². The second-order valence-electron chi connectivity index (χ2n) is 3.60. The van der Waals surface area contributed by atoms with Gasteiger partial charge in [0.15, 0.2) is 0 Å². The number of benzene rings is 1. The molecule has 6 nitrogen and oxygen atoms in total. The average molecular weight is 283 g/mol. The quantitative estimate of drug-likeness (QED) is 0.870. The first-order valence-corrected chi connectivity index (χ1v) is 6.70. The van der Waals surface area contributed by atoms with E-state index in [1.165, 1.54) is 24.5 Å². The Hall–Kier alpha value is -2.06. The highest BCUT2D eigenvalue weighted by molar-refractivity contribution is 7.92. The molecule has 0 spiro atoms. The van der Waals surface area contributed by atoms with Crippen molar-refractivity contribution in [2.75, 3.05) is 4.72 Å². The number of hydrogen-bond acceptors (Lipinski definition) is 5. The minimum absolute atomic E-state index is 0.145. The number of nitrogens with zero attached hydrogens (tertiary/aromatic N) is 2. The summed E-state index contributed by atoms with van der Waals surface area (Å²) in [6.07, 6.45) is 2.71. The van der Waals surface area contributed by atoms with E-state index in [1.807, 2.05) is 0 Å². The fourth-order valence-electron chi connectivity index (χ4n) is 1.39. The summed E-state index contributed by atoms with van der Waals surface area (Å²) in [4.78, 5) is 6.85. The Labute approximate surface area is 109 Å². The van der Waals surface area contributed by atoms with E-state index in [9.17, 15) is 12.8 Å². The second-order valence-corrected chi connectivity index (χ2v) is 5.25. The summed E-state index contributed by atoms with van der Waals surface area (Å²) in [6, 6.07) is 4.88. The lowest BCUT2D eigenvalue weighted by molar-refractivity contribution is 0.281. The highest BCUT2D eigenvalue weighted by Crippen LogP contribution is 2.18. The predicted octanol–water partition coefficient (Wildman–Crippen LogP) is 0.909. The lowest BCUT2D eigenvalue weighted by Gasteiger charge is -2.07. The topological polar surface area (TPSA) is 92.2 Å². The molecule has 19 heavy (non-hydrogen) atoms. The summed E-state index contributed by atoms with van der Waals surface area (Å²) in [5, 5.41) is 8.84. The SMILES string of the molecule is O=S(=O)(Nc1ncccn1)c1ccc(CO)cc1F. The maximum atomic E-state index is 13.7. The maximum Gasteiger partial charge on any atom is 0.267 e. The Bertz CT molecular complexity index is 677. The van der Waals surface area contributed by atoms with Crippen molar-refractivity contribution in [3.05, 3.63) is 48.0 Å². The third-order valence-corrected chi connectivity index (χ3v) is 3.62. The largest absolute Gasteiger partial charge is 0.392 e. The highest BCUT2D eigenvalue weighted by atomic mass is 32.2. The van der Waals surface area contributed by atoms with Gasteiger partial charge in [0.05, 0.1) is 6.61 Å². The van der Waals surface area contributed by atoms with Crippen molar-refractivity contribution in [3.8, 4) is 0 Å². The number of halogens is 1. The van der Waals surface area contributed by atoms with Gasteiger partial charge in [-0.25, -0.2) is 27.5 Å². The van der Waals surface area contributed by atoms with Gasteiger partial charge in [0, 0.05) is 12.4 Å². The third kappa shape index (κ3) is 3.04. The number of hydrogen-bond donors (Lipinski definition) is 2. The number of anilines is 1. The van der Waals surface area contributed by atoms with Gasteiger partial charge >= 0.3 is 0 Å². The van der Waals surface area contributed by atoms with Crippen LogP contribution in [0.5, 0.6) is 0 Å². The van der Waals surface area contributed by atoms with Gasteiger partial charge in [-0.2, -0.15) is 0 Å². The summed E-state index contributed by atoms with van der Waals surface area (Å²) in [6.45, 7) is -0.369. The Balaban J connectivity index is 2.35. The van der Waals surface area contributed by atoms with Crippen molar-refractivity contribution in [1.82, 2.24) is 9.97 Å². The molecule has 1 aromatic heterocycles. The molecule has 0 saturated carbocycles. The van der Waals surface area contributed by atoms with E-state index in [0.29, 0.717) is 0 Å². The monoisotopic (exact) mass is 283 g/mol. The minimum Gasteiger partial charge on any atom is -0.392 e. The molecule has 8 heteroatoms. The second kappa shape index (κ2) is 5.29. The Kier molecular flexibility index (Phi) is 3.72. The van der Waals surface area contributed by atoms with E-state index in [1.54, 1.807) is 0 Å². The minimum atomic E-state index is -4.10. The number of aliphatic hydroxyl groups excluding tert-OH is 1. The molecule has 2 rings (SSSR count). The number of sulfonamides is 1. The van der Waals surface area contributed by atoms with Gasteiger partial charge in [-0.1, -0.05) is 6.07 Å². The van der Waals surface area contributed by atoms with Crippen LogP contribution in [0.1, 0.15) is 5.56 Å². The van der Waals surface area contributed by atoms with Crippen molar-refractivity contribution >= 4 is 16.0 Å². The Morgan fingerprint density at radius 1 is 1.26 bits per heavy atom. The molecule has 1 heterocycles. The van der Waals surface area contributed by atoms with Crippen molar-refractivity contribution in [1.29, 1.82) is 0 Å². The van der Waals surface area contributed by atoms with Gasteiger partial charge < -0.3 is 5.11 Å². The molecule has 0 unspecified atom stereocenters. The first kappa shape index (κ1) is 13.4. The molecule has 0 fully saturated rings. The van der Waals surface area contributed by atoms with E-state index in [4.69, 9.17) is 5.11 Å². The van der Waals surface area contributed by atoms with Crippen LogP contribution in [0, 0.1) is 5.82 Å². The molecule has 0 aliphatic rings. The fraction of sp³-hybridized carbons (Fsp3) is 0.0909. The molecule has 0 aliphatic carbocycles. The number of nitrogens with one attached hydrogen (secondary N) is 1. The summed E-state index contributed by atoms with van der Waals surface area (Å²) in [5.41, 5.74) is 0.285. The van der Waals surface area contributed by atoms with Crippen molar-refractivity contribution in [3.63, 3.8) is 0 Å². The molecule has 2 aromatic rings. The van der Waals surface area contributed by atoms with Crippen molar-refractivity contribution < 1.29 is 17.9 Å². The van der Waals surface area contributed by atoms with Crippen molar-refractivity contribution in [2.45, 2.75) is 11.5 Å². The van der Waals surface area contributed by atoms with Crippen LogP contribution in [-0.4, -0.2) is 23.5 Å². The Morgan fingerprint density at radius 3 is 2.53 bits per heavy atom. The van der Waals surface area contributed by atoms with E-state index in [0.717, 1.165) is 12.1 Å². The van der Waals surface area contributed by atoms with Crippen LogP contribution in [0.25, 0.3) is 0 Å². The lowest BCUT2D eigenvalue weighted by Crippen LogP contribution is -2.16. The molecule has 0 aliphatic heterocycles. The zero-order valence-corrected chi connectivity index (χ0v) is 10.4. The maximum absolute atomic E-state index is 13.7. The number of aliphatic hydroxyl groups is 1. The van der Waals surface area contributed by atoms with E-state index in [-0.39, 0.29) is 18.1 Å². The molecule has 0 saturated heterocycles. The summed E-state index contributed by atoms with van der Waals surface area (Å²) >= 11 is 0. The zero-order chi connectivity index (χ0) is 13.9. The molecular weight excluding hydrogens is 273 g/mol. The van der Waals surface area contributed by atoms with Crippen LogP contribution in [0.3, 0.4) is 0 Å². The molecule has 0 bridgehead atoms. The van der Waals surface area contributed by atoms with Crippen LogP contribution in [-0.2, 0) is 16.6 Å². The van der Waals surface area contributed by atoms with Crippen LogP contribution < -0.4 is 4.72 Å². The Morgan fingerprint density at radius 2 is 1.95 bits per heavy atom. The van der Waals surface area contributed by atoms with Crippen LogP contribution in [0.2, 0.25) is 0 Å². The summed E-state index contributed by atoms with van der Waals surface area (Å²) in [5.74, 6) is -1.09. The highest BCUT2D eigenvalue weighted by Gasteiger charge is 2.20. The molecule has 2 N–H and O–H groups in total. The molecule has 0 radical (unpaired) electrons. The standard InChI is InChI=1S/C11H10FN3O3S/c12-9-6-8(7-16)2-3-10(9)19(17,18)15-11-13-4-1-5-14-11/h1-6,16H,7H2,(H,13,14,15). The first-order chi connectivity index (χ1) is 9.03. The van der Waals surface area contributed by atoms with Crippen molar-refractivity contribution in [2.24, 2.45) is 0 Å². The molecular formula is C11H10FN3O3S. The molecule has 0 atom stereocenters. The van der Waals surface area contributed by atoms with Crippen LogP contribution >= 0.6 is 0 Å². The third-order valence-electron chi connectivity index (χ3n) is 2.26. The smallest absolute Gasteiger partial charge is 0.267 e. The van der Waals surface area contributed by atoms with Gasteiger partial charge in [-0.3, -0.25) is 0 Å². The van der Waals surface area contributed by atoms with Crippen LogP contribution in [0.15, 0.2) is 41.6 Å². The van der Waals surface area contributed by atoms with Gasteiger partial charge in [0.1, 0.15) is 10.7 Å². The van der Waals surface area contributed by atoms with E-state index >= 15 is 0 Å². The predicted molar refractivity (Wildman–Crippen MR) is 65.2 cm³/mol. The molecule has 100 valence electrons. The number of rotatable bonds is 4. The van der Waals surface area contributed by atoms with E-state index < -0.39 is 20.7 Å². The van der Waals surface area contributed by atoms with Gasteiger partial charge in [0.2, 0.25) is 5.95 Å². The summed E-state index contributed by atoms with van der Waals surface area (Å²) < 4.78 is 39.6.